The molecule has 3 aromatic carbocycles. The molecule has 2 aromatic heterocycles. The van der Waals surface area contributed by atoms with E-state index in [0.717, 1.165) is 78.0 Å². The number of aromatic amines is 1. The molecule has 2 fully saturated rings. The molecular weight excluding hydrogens is 546 g/mol. The standard InChI is InChI=1S/C37H37N5O2/c43-36(25-30-26-38-33-14-8-7-13-32(30)33)41-17-15-31(16-18-41)40-19-21-42(22-20-40)37(44)29-23-34(27-9-3-1-4-10-27)39-35(24-29)28-11-5-2-6-12-28/h1-14,23-24,26,31,38H,15-22,25H2. The van der Waals surface area contributed by atoms with Crippen molar-refractivity contribution in [3.63, 3.8) is 0 Å². The Bertz CT molecular complexity index is 1690. The summed E-state index contributed by atoms with van der Waals surface area (Å²) < 4.78 is 0. The van der Waals surface area contributed by atoms with Gasteiger partial charge in [0.1, 0.15) is 0 Å². The van der Waals surface area contributed by atoms with Crippen LogP contribution in [0.15, 0.2) is 103 Å². The number of rotatable bonds is 6. The molecule has 0 bridgehead atoms. The Hall–Kier alpha value is -4.75. The fraction of sp³-hybridized carbons (Fsp3) is 0.270. The van der Waals surface area contributed by atoms with Gasteiger partial charge in [-0.3, -0.25) is 14.5 Å². The summed E-state index contributed by atoms with van der Waals surface area (Å²) >= 11 is 0. The number of nitrogens with zero attached hydrogens (tertiary/aromatic N) is 4. The molecule has 44 heavy (non-hydrogen) atoms. The zero-order chi connectivity index (χ0) is 29.9. The van der Waals surface area contributed by atoms with Gasteiger partial charge in [-0.1, -0.05) is 78.9 Å². The Balaban J connectivity index is 0.971. The fourth-order valence-corrected chi connectivity index (χ4v) is 6.67. The molecule has 7 rings (SSSR count). The molecule has 0 aliphatic carbocycles. The predicted molar refractivity (Wildman–Crippen MR) is 174 cm³/mol. The minimum Gasteiger partial charge on any atom is -0.361 e. The van der Waals surface area contributed by atoms with E-state index < -0.39 is 0 Å². The van der Waals surface area contributed by atoms with Gasteiger partial charge in [0.15, 0.2) is 0 Å². The summed E-state index contributed by atoms with van der Waals surface area (Å²) in [5, 5.41) is 1.13. The number of hydrogen-bond donors (Lipinski definition) is 1. The number of carbonyl (C=O) groups is 2. The summed E-state index contributed by atoms with van der Waals surface area (Å²) in [5.41, 5.74) is 6.41. The van der Waals surface area contributed by atoms with Gasteiger partial charge < -0.3 is 14.8 Å². The number of carbonyl (C=O) groups excluding carboxylic acids is 2. The molecule has 0 atom stereocenters. The van der Waals surface area contributed by atoms with Crippen molar-refractivity contribution in [2.75, 3.05) is 39.3 Å². The van der Waals surface area contributed by atoms with Gasteiger partial charge >= 0.3 is 0 Å². The average Bonchev–Trinajstić information content (AvgIpc) is 3.51. The number of pyridine rings is 1. The Kier molecular flexibility index (Phi) is 7.95. The van der Waals surface area contributed by atoms with E-state index in [1.54, 1.807) is 0 Å². The number of para-hydroxylation sites is 1. The Labute approximate surface area is 258 Å². The van der Waals surface area contributed by atoms with Gasteiger partial charge in [0.05, 0.1) is 17.8 Å². The minimum absolute atomic E-state index is 0.0547. The van der Waals surface area contributed by atoms with Crippen molar-refractivity contribution >= 4 is 22.7 Å². The van der Waals surface area contributed by atoms with Gasteiger partial charge in [-0.2, -0.15) is 0 Å². The lowest BCUT2D eigenvalue weighted by molar-refractivity contribution is -0.132. The maximum Gasteiger partial charge on any atom is 0.254 e. The molecule has 0 saturated carbocycles. The molecule has 0 unspecified atom stereocenters. The number of amides is 2. The van der Waals surface area contributed by atoms with Gasteiger partial charge in [-0.25, -0.2) is 4.98 Å². The third-order valence-corrected chi connectivity index (χ3v) is 9.16. The number of piperazine rings is 1. The number of H-pyrrole nitrogens is 1. The first-order chi connectivity index (χ1) is 21.6. The molecule has 7 nitrogen and oxygen atoms in total. The molecule has 7 heteroatoms. The van der Waals surface area contributed by atoms with E-state index in [-0.39, 0.29) is 11.8 Å². The summed E-state index contributed by atoms with van der Waals surface area (Å²) in [6.45, 7) is 4.66. The van der Waals surface area contributed by atoms with Crippen molar-refractivity contribution in [1.29, 1.82) is 0 Å². The molecule has 2 amide bonds. The number of aromatic nitrogens is 2. The topological polar surface area (TPSA) is 72.5 Å². The van der Waals surface area contributed by atoms with Crippen LogP contribution >= 0.6 is 0 Å². The van der Waals surface area contributed by atoms with Crippen LogP contribution in [0.2, 0.25) is 0 Å². The van der Waals surface area contributed by atoms with Gasteiger partial charge in [0.2, 0.25) is 5.91 Å². The van der Waals surface area contributed by atoms with Gasteiger partial charge in [-0.05, 0) is 36.6 Å². The maximum atomic E-state index is 13.8. The molecule has 2 aliphatic rings. The van der Waals surface area contributed by atoms with Crippen LogP contribution in [0, 0.1) is 0 Å². The lowest BCUT2D eigenvalue weighted by Gasteiger charge is -2.42. The highest BCUT2D eigenvalue weighted by Gasteiger charge is 2.31. The maximum absolute atomic E-state index is 13.8. The molecule has 2 saturated heterocycles. The normalized spacial score (nSPS) is 16.4. The monoisotopic (exact) mass is 583 g/mol. The van der Waals surface area contributed by atoms with Crippen molar-refractivity contribution in [3.05, 3.63) is 114 Å². The summed E-state index contributed by atoms with van der Waals surface area (Å²) in [6.07, 6.45) is 4.34. The van der Waals surface area contributed by atoms with Crippen LogP contribution in [0.4, 0.5) is 0 Å². The summed E-state index contributed by atoms with van der Waals surface area (Å²) in [6, 6.07) is 32.5. The summed E-state index contributed by atoms with van der Waals surface area (Å²) in [5.74, 6) is 0.254. The first-order valence-electron chi connectivity index (χ1n) is 15.6. The molecule has 1 N–H and O–H groups in total. The van der Waals surface area contributed by atoms with Crippen LogP contribution in [-0.4, -0.2) is 81.8 Å². The van der Waals surface area contributed by atoms with Crippen molar-refractivity contribution in [2.24, 2.45) is 0 Å². The molecule has 0 spiro atoms. The largest absolute Gasteiger partial charge is 0.361 e. The molecule has 5 aromatic rings. The number of piperidine rings is 1. The van der Waals surface area contributed by atoms with Crippen LogP contribution in [0.1, 0.15) is 28.8 Å². The minimum atomic E-state index is 0.0547. The van der Waals surface area contributed by atoms with E-state index >= 15 is 0 Å². The molecule has 2 aliphatic heterocycles. The second-order valence-corrected chi connectivity index (χ2v) is 11.8. The second-order valence-electron chi connectivity index (χ2n) is 11.8. The highest BCUT2D eigenvalue weighted by molar-refractivity contribution is 5.96. The van der Waals surface area contributed by atoms with Gasteiger partial charge in [-0.15, -0.1) is 0 Å². The van der Waals surface area contributed by atoms with E-state index in [1.165, 1.54) is 0 Å². The smallest absolute Gasteiger partial charge is 0.254 e. The quantitative estimate of drug-likeness (QED) is 0.271. The Morgan fingerprint density at radius 3 is 1.93 bits per heavy atom. The van der Waals surface area contributed by atoms with E-state index in [9.17, 15) is 9.59 Å². The first-order valence-corrected chi connectivity index (χ1v) is 15.6. The number of hydrogen-bond acceptors (Lipinski definition) is 4. The van der Waals surface area contributed by atoms with Crippen molar-refractivity contribution < 1.29 is 9.59 Å². The molecular formula is C37H37N5O2. The number of nitrogens with one attached hydrogen (secondary N) is 1. The molecule has 222 valence electrons. The zero-order valence-electron chi connectivity index (χ0n) is 24.9. The SMILES string of the molecule is O=C(Cc1c[nH]c2ccccc12)N1CCC(N2CCN(C(=O)c3cc(-c4ccccc4)nc(-c4ccccc4)c3)CC2)CC1. The van der Waals surface area contributed by atoms with E-state index in [1.807, 2.05) is 107 Å². The third kappa shape index (κ3) is 5.88. The molecule has 0 radical (unpaired) electrons. The first kappa shape index (κ1) is 28.0. The van der Waals surface area contributed by atoms with Crippen LogP contribution in [0.3, 0.4) is 0 Å². The molecule has 4 heterocycles. The highest BCUT2D eigenvalue weighted by Crippen LogP contribution is 2.27. The van der Waals surface area contributed by atoms with Gasteiger partial charge in [0.25, 0.3) is 5.91 Å². The lowest BCUT2D eigenvalue weighted by Crippen LogP contribution is -2.54. The summed E-state index contributed by atoms with van der Waals surface area (Å²) in [4.78, 5) is 41.7. The van der Waals surface area contributed by atoms with Crippen LogP contribution in [-0.2, 0) is 11.2 Å². The Morgan fingerprint density at radius 1 is 0.705 bits per heavy atom. The van der Waals surface area contributed by atoms with Crippen LogP contribution in [0.5, 0.6) is 0 Å². The van der Waals surface area contributed by atoms with Crippen molar-refractivity contribution in [2.45, 2.75) is 25.3 Å². The fourth-order valence-electron chi connectivity index (χ4n) is 6.67. The van der Waals surface area contributed by atoms with Gasteiger partial charge in [0, 0.05) is 79.1 Å². The van der Waals surface area contributed by atoms with Crippen molar-refractivity contribution in [1.82, 2.24) is 24.7 Å². The lowest BCUT2D eigenvalue weighted by atomic mass is 10.0. The number of likely N-dealkylation sites (tertiary alicyclic amines) is 1. The van der Waals surface area contributed by atoms with E-state index in [4.69, 9.17) is 4.98 Å². The van der Waals surface area contributed by atoms with Crippen molar-refractivity contribution in [3.8, 4) is 22.5 Å². The summed E-state index contributed by atoms with van der Waals surface area (Å²) in [7, 11) is 0. The third-order valence-electron chi connectivity index (χ3n) is 9.16. The Morgan fingerprint density at radius 2 is 1.30 bits per heavy atom. The van der Waals surface area contributed by atoms with Crippen LogP contribution in [0.25, 0.3) is 33.4 Å². The predicted octanol–water partition coefficient (Wildman–Crippen LogP) is 5.89. The zero-order valence-corrected chi connectivity index (χ0v) is 24.9. The van der Waals surface area contributed by atoms with E-state index in [0.29, 0.717) is 31.1 Å². The highest BCUT2D eigenvalue weighted by atomic mass is 16.2. The van der Waals surface area contributed by atoms with Crippen LogP contribution < -0.4 is 0 Å². The number of fused-ring (bicyclic) bond motifs is 1. The van der Waals surface area contributed by atoms with E-state index in [2.05, 4.69) is 16.0 Å². The average molecular weight is 584 g/mol. The second kappa shape index (κ2) is 12.5. The number of benzene rings is 3.